The number of carbonyl (C=O) groups is 2. The van der Waals surface area contributed by atoms with Crippen molar-refractivity contribution in [3.05, 3.63) is 71.7 Å². The summed E-state index contributed by atoms with van der Waals surface area (Å²) < 4.78 is 0. The maximum atomic E-state index is 12.0. The van der Waals surface area contributed by atoms with Crippen LogP contribution in [0.15, 0.2) is 60.6 Å². The minimum atomic E-state index is -0.972. The van der Waals surface area contributed by atoms with Crippen molar-refractivity contribution >= 4 is 17.4 Å². The molecule has 0 saturated carbocycles. The van der Waals surface area contributed by atoms with Gasteiger partial charge in [0.2, 0.25) is 0 Å². The molecule has 2 rings (SSSR count). The third-order valence-electron chi connectivity index (χ3n) is 2.77. The summed E-state index contributed by atoms with van der Waals surface area (Å²) in [6.07, 6.45) is 4.59. The van der Waals surface area contributed by atoms with Gasteiger partial charge in [0.1, 0.15) is 0 Å². The number of benzene rings is 1. The summed E-state index contributed by atoms with van der Waals surface area (Å²) in [5.74, 6) is -1.11. The molecule has 0 bridgehead atoms. The average molecular weight is 282 g/mol. The number of aromatic carboxylic acids is 1. The van der Waals surface area contributed by atoms with Crippen molar-refractivity contribution in [3.63, 3.8) is 0 Å². The number of allylic oxidation sites excluding steroid dienone is 2. The maximum Gasteiger partial charge on any atom is 0.335 e. The van der Waals surface area contributed by atoms with Crippen LogP contribution in [0.3, 0.4) is 0 Å². The van der Waals surface area contributed by atoms with E-state index >= 15 is 0 Å². The number of carbonyl (C=O) groups excluding carboxylic acids is 1. The average Bonchev–Trinajstić information content (AvgIpc) is 2.48. The van der Waals surface area contributed by atoms with Gasteiger partial charge in [-0.2, -0.15) is 0 Å². The Morgan fingerprint density at radius 2 is 1.86 bits per heavy atom. The smallest absolute Gasteiger partial charge is 0.335 e. The second-order valence-electron chi connectivity index (χ2n) is 4.44. The van der Waals surface area contributed by atoms with Gasteiger partial charge in [0, 0.05) is 35.4 Å². The summed E-state index contributed by atoms with van der Waals surface area (Å²) >= 11 is 0. The minimum Gasteiger partial charge on any atom is -0.478 e. The Hall–Kier alpha value is -2.95. The second kappa shape index (κ2) is 6.47. The molecule has 1 aromatic heterocycles. The lowest BCUT2D eigenvalue weighted by Gasteiger charge is -2.06. The first kappa shape index (κ1) is 14.5. The molecule has 5 nitrogen and oxygen atoms in total. The van der Waals surface area contributed by atoms with Crippen LogP contribution in [0.25, 0.3) is 0 Å². The van der Waals surface area contributed by atoms with Crippen LogP contribution in [0, 0.1) is 0 Å². The van der Waals surface area contributed by atoms with Crippen molar-refractivity contribution in [2.75, 3.05) is 5.32 Å². The molecule has 0 fully saturated rings. The van der Waals surface area contributed by atoms with Gasteiger partial charge < -0.3 is 10.4 Å². The Morgan fingerprint density at radius 1 is 1.14 bits per heavy atom. The van der Waals surface area contributed by atoms with E-state index in [4.69, 9.17) is 5.11 Å². The number of pyridine rings is 1. The largest absolute Gasteiger partial charge is 0.478 e. The van der Waals surface area contributed by atoms with Crippen molar-refractivity contribution in [2.24, 2.45) is 0 Å². The van der Waals surface area contributed by atoms with Crippen molar-refractivity contribution in [2.45, 2.75) is 6.92 Å². The summed E-state index contributed by atoms with van der Waals surface area (Å²) in [5.41, 5.74) is 2.10. The van der Waals surface area contributed by atoms with E-state index in [2.05, 4.69) is 10.3 Å². The number of rotatable bonds is 5. The van der Waals surface area contributed by atoms with Gasteiger partial charge in [0.15, 0.2) is 5.78 Å². The number of aromatic nitrogens is 1. The number of hydrogen-bond donors (Lipinski definition) is 2. The summed E-state index contributed by atoms with van der Waals surface area (Å²) in [7, 11) is 0. The highest BCUT2D eigenvalue weighted by molar-refractivity contribution is 6.04. The standard InChI is InChI=1S/C16H14N2O3/c1-11(9-15(19)13-3-2-8-17-10-13)18-14-6-4-12(5-7-14)16(20)21/h2-10,18H,1H3,(H,20,21). The first-order valence-electron chi connectivity index (χ1n) is 6.29. The van der Waals surface area contributed by atoms with Crippen LogP contribution in [0.5, 0.6) is 0 Å². The molecule has 0 amide bonds. The minimum absolute atomic E-state index is 0.143. The fraction of sp³-hybridized carbons (Fsp3) is 0.0625. The van der Waals surface area contributed by atoms with Gasteiger partial charge in [-0.15, -0.1) is 0 Å². The van der Waals surface area contributed by atoms with Crippen molar-refractivity contribution < 1.29 is 14.7 Å². The quantitative estimate of drug-likeness (QED) is 0.651. The molecule has 0 aliphatic rings. The zero-order valence-electron chi connectivity index (χ0n) is 11.4. The lowest BCUT2D eigenvalue weighted by molar-refractivity contribution is 0.0696. The summed E-state index contributed by atoms with van der Waals surface area (Å²) in [6, 6.07) is 9.70. The molecule has 2 N–H and O–H groups in total. The number of anilines is 1. The highest BCUT2D eigenvalue weighted by atomic mass is 16.4. The molecule has 106 valence electrons. The van der Waals surface area contributed by atoms with Crippen LogP contribution in [0.4, 0.5) is 5.69 Å². The number of carboxylic acid groups (broad SMARTS) is 1. The predicted molar refractivity (Wildman–Crippen MR) is 79.3 cm³/mol. The van der Waals surface area contributed by atoms with E-state index < -0.39 is 5.97 Å². The van der Waals surface area contributed by atoms with Gasteiger partial charge in [-0.3, -0.25) is 9.78 Å². The van der Waals surface area contributed by atoms with Crippen LogP contribution in [-0.4, -0.2) is 21.8 Å². The Balaban J connectivity index is 2.07. The van der Waals surface area contributed by atoms with Gasteiger partial charge in [0.05, 0.1) is 5.56 Å². The summed E-state index contributed by atoms with van der Waals surface area (Å²) in [4.78, 5) is 26.6. The number of carboxylic acids is 1. The fourth-order valence-electron chi connectivity index (χ4n) is 1.75. The number of nitrogens with zero attached hydrogens (tertiary/aromatic N) is 1. The van der Waals surface area contributed by atoms with E-state index in [1.807, 2.05) is 0 Å². The van der Waals surface area contributed by atoms with E-state index in [9.17, 15) is 9.59 Å². The molecule has 0 aliphatic heterocycles. The third kappa shape index (κ3) is 4.01. The molecule has 0 saturated heterocycles. The van der Waals surface area contributed by atoms with Crippen molar-refractivity contribution in [3.8, 4) is 0 Å². The molecule has 5 heteroatoms. The molecule has 0 atom stereocenters. The van der Waals surface area contributed by atoms with E-state index in [0.717, 1.165) is 0 Å². The monoisotopic (exact) mass is 282 g/mol. The topological polar surface area (TPSA) is 79.3 Å². The maximum absolute atomic E-state index is 12.0. The van der Waals surface area contributed by atoms with E-state index in [0.29, 0.717) is 16.9 Å². The number of hydrogen-bond acceptors (Lipinski definition) is 4. The van der Waals surface area contributed by atoms with Crippen LogP contribution >= 0.6 is 0 Å². The van der Waals surface area contributed by atoms with E-state index in [1.54, 1.807) is 37.4 Å². The first-order valence-corrected chi connectivity index (χ1v) is 6.29. The van der Waals surface area contributed by atoms with E-state index in [1.165, 1.54) is 24.4 Å². The van der Waals surface area contributed by atoms with Crippen LogP contribution < -0.4 is 5.32 Å². The van der Waals surface area contributed by atoms with Gasteiger partial charge in [-0.25, -0.2) is 4.79 Å². The van der Waals surface area contributed by atoms with Gasteiger partial charge in [-0.05, 0) is 43.3 Å². The van der Waals surface area contributed by atoms with Crippen LogP contribution in [0.2, 0.25) is 0 Å². The van der Waals surface area contributed by atoms with Crippen molar-refractivity contribution in [1.82, 2.24) is 4.98 Å². The summed E-state index contributed by atoms with van der Waals surface area (Å²) in [6.45, 7) is 1.76. The molecule has 1 heterocycles. The van der Waals surface area contributed by atoms with Crippen molar-refractivity contribution in [1.29, 1.82) is 0 Å². The number of ketones is 1. The lowest BCUT2D eigenvalue weighted by Crippen LogP contribution is -2.02. The molecule has 21 heavy (non-hydrogen) atoms. The zero-order valence-corrected chi connectivity index (χ0v) is 11.4. The van der Waals surface area contributed by atoms with Gasteiger partial charge in [0.25, 0.3) is 0 Å². The molecular weight excluding hydrogens is 268 g/mol. The highest BCUT2D eigenvalue weighted by Crippen LogP contribution is 2.12. The molecule has 0 unspecified atom stereocenters. The SMILES string of the molecule is CC(=CC(=O)c1cccnc1)Nc1ccc(C(=O)O)cc1. The Kier molecular flexibility index (Phi) is 4.46. The zero-order chi connectivity index (χ0) is 15.2. The Labute approximate surface area is 122 Å². The number of nitrogens with one attached hydrogen (secondary N) is 1. The Bertz CT molecular complexity index is 676. The fourth-order valence-corrected chi connectivity index (χ4v) is 1.75. The summed E-state index contributed by atoms with van der Waals surface area (Å²) in [5, 5.41) is 11.9. The molecular formula is C16H14N2O3. The normalized spacial score (nSPS) is 11.0. The molecule has 2 aromatic rings. The molecule has 0 radical (unpaired) electrons. The Morgan fingerprint density at radius 3 is 2.43 bits per heavy atom. The second-order valence-corrected chi connectivity index (χ2v) is 4.44. The highest BCUT2D eigenvalue weighted by Gasteiger charge is 2.04. The third-order valence-corrected chi connectivity index (χ3v) is 2.77. The molecule has 0 spiro atoms. The van der Waals surface area contributed by atoms with Crippen LogP contribution in [0.1, 0.15) is 27.6 Å². The lowest BCUT2D eigenvalue weighted by atomic mass is 10.1. The predicted octanol–water partition coefficient (Wildman–Crippen LogP) is 2.98. The molecule has 1 aromatic carbocycles. The van der Waals surface area contributed by atoms with Gasteiger partial charge in [-0.1, -0.05) is 0 Å². The van der Waals surface area contributed by atoms with Gasteiger partial charge >= 0.3 is 5.97 Å². The molecule has 0 aliphatic carbocycles. The van der Waals surface area contributed by atoms with Crippen LogP contribution in [-0.2, 0) is 0 Å². The first-order chi connectivity index (χ1) is 10.1. The van der Waals surface area contributed by atoms with E-state index in [-0.39, 0.29) is 11.3 Å².